The molecule has 1 amide bonds. The maximum atomic E-state index is 12.9. The number of carbonyl (C=O) groups is 1. The minimum atomic E-state index is -0.737. The summed E-state index contributed by atoms with van der Waals surface area (Å²) < 4.78 is 16.6. The Morgan fingerprint density at radius 2 is 2.06 bits per heavy atom. The van der Waals surface area contributed by atoms with Gasteiger partial charge in [-0.2, -0.15) is 9.78 Å². The normalized spacial score (nSPS) is 12.3. The Morgan fingerprint density at radius 3 is 2.83 bits per heavy atom. The van der Waals surface area contributed by atoms with Crippen molar-refractivity contribution >= 4 is 35.2 Å². The zero-order valence-electron chi connectivity index (χ0n) is 17.3. The fraction of sp³-hybridized carbons (Fsp3) is 0.0526. The number of hydrazone groups is 1. The van der Waals surface area contributed by atoms with E-state index < -0.39 is 10.8 Å². The van der Waals surface area contributed by atoms with E-state index in [0.717, 1.165) is 0 Å². The van der Waals surface area contributed by atoms with Gasteiger partial charge in [0, 0.05) is 17.2 Å². The number of amides is 1. The average Bonchev–Trinajstić information content (AvgIpc) is 3.58. The maximum Gasteiger partial charge on any atom is 0.294 e. The van der Waals surface area contributed by atoms with Gasteiger partial charge in [0.05, 0.1) is 11.1 Å². The third-order valence-electron chi connectivity index (χ3n) is 4.77. The van der Waals surface area contributed by atoms with E-state index in [1.54, 1.807) is 18.2 Å². The second-order valence-corrected chi connectivity index (χ2v) is 7.31. The number of nitrogens with one attached hydrogen (secondary N) is 1. The number of nitrogen functional groups attached to an aromatic ring is 1. The lowest BCUT2D eigenvalue weighted by molar-refractivity contribution is -0.384. The molecule has 0 spiro atoms. The summed E-state index contributed by atoms with van der Waals surface area (Å²) in [5, 5.41) is 30.0. The molecule has 0 saturated heterocycles. The van der Waals surface area contributed by atoms with Crippen LogP contribution in [-0.2, 0) is 0 Å². The molecule has 0 unspecified atom stereocenters. The molecule has 0 saturated carbocycles. The fourth-order valence-corrected chi connectivity index (χ4v) is 3.38. The van der Waals surface area contributed by atoms with Crippen LogP contribution in [0.5, 0.6) is 11.5 Å². The quantitative estimate of drug-likeness (QED) is 0.224. The Balaban J connectivity index is 1.48. The van der Waals surface area contributed by atoms with Crippen molar-refractivity contribution in [3.05, 3.63) is 62.8 Å². The lowest BCUT2D eigenvalue weighted by Gasteiger charge is -2.07. The van der Waals surface area contributed by atoms with Crippen LogP contribution in [0, 0.1) is 10.1 Å². The smallest absolute Gasteiger partial charge is 0.294 e. The van der Waals surface area contributed by atoms with Gasteiger partial charge in [-0.05, 0) is 34.6 Å². The summed E-state index contributed by atoms with van der Waals surface area (Å²) in [6.45, 7) is 0.0569. The topological polar surface area (TPSA) is 199 Å². The fourth-order valence-electron chi connectivity index (χ4n) is 3.19. The predicted molar refractivity (Wildman–Crippen MR) is 118 cm³/mol. The lowest BCUT2D eigenvalue weighted by atomic mass is 10.1. The van der Waals surface area contributed by atoms with Gasteiger partial charge >= 0.3 is 0 Å². The molecule has 3 N–H and O–H groups in total. The standard InChI is InChI=1S/C19H12ClN9O6/c20-11-3-1-9(5-12(11)29(31)32)7-22-24-19(30)15-16(10-2-4-13-14(6-10)34-8-33-13)28(27-23-15)18-17(21)25-35-26-18/h1-7H,8H2,(H2,21,25)(H,24,30). The van der Waals surface area contributed by atoms with Crippen molar-refractivity contribution < 1.29 is 23.8 Å². The largest absolute Gasteiger partial charge is 0.454 e. The van der Waals surface area contributed by atoms with Crippen LogP contribution in [0.3, 0.4) is 0 Å². The third-order valence-corrected chi connectivity index (χ3v) is 5.09. The second-order valence-electron chi connectivity index (χ2n) is 6.91. The van der Waals surface area contributed by atoms with Crippen LogP contribution in [0.2, 0.25) is 5.02 Å². The van der Waals surface area contributed by atoms with E-state index in [9.17, 15) is 14.9 Å². The number of hydrogen-bond donors (Lipinski definition) is 2. The van der Waals surface area contributed by atoms with Crippen LogP contribution in [-0.4, -0.2) is 49.1 Å². The Hall–Kier alpha value is -5.05. The number of hydrogen-bond acceptors (Lipinski definition) is 12. The summed E-state index contributed by atoms with van der Waals surface area (Å²) in [5.74, 6) is 0.185. The van der Waals surface area contributed by atoms with Gasteiger partial charge in [-0.25, -0.2) is 10.1 Å². The van der Waals surface area contributed by atoms with Gasteiger partial charge in [-0.3, -0.25) is 14.9 Å². The highest BCUT2D eigenvalue weighted by Gasteiger charge is 2.26. The SMILES string of the molecule is Nc1nonc1-n1nnc(C(=O)NN=Cc2ccc(Cl)c([N+](=O)[O-])c2)c1-c1ccc2c(c1)OCO2. The Morgan fingerprint density at radius 1 is 1.23 bits per heavy atom. The molecule has 3 heterocycles. The third kappa shape index (κ3) is 4.06. The van der Waals surface area contributed by atoms with E-state index in [1.165, 1.54) is 29.1 Å². The minimum absolute atomic E-state index is 0.0150. The van der Waals surface area contributed by atoms with Gasteiger partial charge in [-0.1, -0.05) is 22.9 Å². The molecule has 2 aromatic heterocycles. The molecule has 0 fully saturated rings. The van der Waals surface area contributed by atoms with Crippen LogP contribution in [0.15, 0.2) is 46.1 Å². The number of halogens is 1. The molecule has 2 aromatic carbocycles. The molecule has 35 heavy (non-hydrogen) atoms. The first-order valence-electron chi connectivity index (χ1n) is 9.64. The highest BCUT2D eigenvalue weighted by molar-refractivity contribution is 6.32. The van der Waals surface area contributed by atoms with E-state index in [4.69, 9.17) is 26.8 Å². The van der Waals surface area contributed by atoms with Gasteiger partial charge in [-0.15, -0.1) is 5.10 Å². The Kier molecular flexibility index (Phi) is 5.42. The minimum Gasteiger partial charge on any atom is -0.454 e. The summed E-state index contributed by atoms with van der Waals surface area (Å²) in [6.07, 6.45) is 1.21. The summed E-state index contributed by atoms with van der Waals surface area (Å²) in [4.78, 5) is 23.4. The van der Waals surface area contributed by atoms with Crippen molar-refractivity contribution in [1.29, 1.82) is 0 Å². The summed E-state index contributed by atoms with van der Waals surface area (Å²) in [7, 11) is 0. The molecule has 16 heteroatoms. The van der Waals surface area contributed by atoms with Crippen molar-refractivity contribution in [3.8, 4) is 28.6 Å². The van der Waals surface area contributed by atoms with Crippen molar-refractivity contribution in [1.82, 2.24) is 30.7 Å². The van der Waals surface area contributed by atoms with Crippen molar-refractivity contribution in [3.63, 3.8) is 0 Å². The van der Waals surface area contributed by atoms with E-state index >= 15 is 0 Å². The Bertz CT molecular complexity index is 1500. The average molecular weight is 498 g/mol. The number of carbonyl (C=O) groups excluding carboxylic acids is 1. The molecule has 4 aromatic rings. The summed E-state index contributed by atoms with van der Waals surface area (Å²) >= 11 is 5.81. The first kappa shape index (κ1) is 21.8. The lowest BCUT2D eigenvalue weighted by Crippen LogP contribution is -2.19. The number of nitrogens with two attached hydrogens (primary N) is 1. The first-order valence-corrected chi connectivity index (χ1v) is 10.0. The number of ether oxygens (including phenoxy) is 2. The van der Waals surface area contributed by atoms with Crippen LogP contribution in [0.1, 0.15) is 16.1 Å². The van der Waals surface area contributed by atoms with Crippen molar-refractivity contribution in [2.24, 2.45) is 5.10 Å². The molecule has 5 rings (SSSR count). The second kappa shape index (κ2) is 8.71. The predicted octanol–water partition coefficient (Wildman–Crippen LogP) is 1.95. The molecular formula is C19H12ClN9O6. The molecule has 0 bridgehead atoms. The number of benzene rings is 2. The number of aromatic nitrogens is 5. The zero-order chi connectivity index (χ0) is 24.5. The summed E-state index contributed by atoms with van der Waals surface area (Å²) in [6, 6.07) is 9.02. The van der Waals surface area contributed by atoms with Gasteiger partial charge in [0.2, 0.25) is 18.4 Å². The van der Waals surface area contributed by atoms with E-state index in [0.29, 0.717) is 22.6 Å². The molecule has 1 aliphatic heterocycles. The van der Waals surface area contributed by atoms with Crippen LogP contribution in [0.4, 0.5) is 11.5 Å². The van der Waals surface area contributed by atoms with Crippen LogP contribution in [0.25, 0.3) is 17.1 Å². The first-order chi connectivity index (χ1) is 16.9. The molecule has 0 atom stereocenters. The maximum absolute atomic E-state index is 12.9. The Labute approximate surface area is 199 Å². The van der Waals surface area contributed by atoms with E-state index in [-0.39, 0.29) is 40.5 Å². The summed E-state index contributed by atoms with van der Waals surface area (Å²) in [5.41, 5.74) is 8.69. The number of fused-ring (bicyclic) bond motifs is 1. The zero-order valence-corrected chi connectivity index (χ0v) is 18.0. The van der Waals surface area contributed by atoms with Crippen LogP contribution < -0.4 is 20.6 Å². The monoisotopic (exact) mass is 497 g/mol. The molecule has 176 valence electrons. The van der Waals surface area contributed by atoms with Gasteiger partial charge < -0.3 is 15.2 Å². The molecule has 0 aliphatic carbocycles. The van der Waals surface area contributed by atoms with Crippen molar-refractivity contribution in [2.75, 3.05) is 12.5 Å². The number of rotatable bonds is 6. The molecular weight excluding hydrogens is 486 g/mol. The van der Waals surface area contributed by atoms with Crippen LogP contribution >= 0.6 is 11.6 Å². The highest BCUT2D eigenvalue weighted by atomic mass is 35.5. The molecule has 1 aliphatic rings. The molecule has 15 nitrogen and oxygen atoms in total. The van der Waals surface area contributed by atoms with Gasteiger partial charge in [0.15, 0.2) is 17.2 Å². The number of nitrogens with zero attached hydrogens (tertiary/aromatic N) is 7. The number of anilines is 1. The molecule has 0 radical (unpaired) electrons. The van der Waals surface area contributed by atoms with E-state index in [1.807, 2.05) is 0 Å². The van der Waals surface area contributed by atoms with Crippen molar-refractivity contribution in [2.45, 2.75) is 0 Å². The highest BCUT2D eigenvalue weighted by Crippen LogP contribution is 2.37. The number of nitro groups is 1. The number of nitro benzene ring substituents is 1. The van der Waals surface area contributed by atoms with Gasteiger partial charge in [0.25, 0.3) is 11.6 Å². The van der Waals surface area contributed by atoms with E-state index in [2.05, 4.69) is 35.8 Å². The van der Waals surface area contributed by atoms with Gasteiger partial charge in [0.1, 0.15) is 10.7 Å².